The Morgan fingerprint density at radius 1 is 1.17 bits per heavy atom. The molecule has 1 aromatic heterocycles. The van der Waals surface area contributed by atoms with E-state index in [1.165, 1.54) is 6.20 Å². The molecule has 0 unspecified atom stereocenters. The smallest absolute Gasteiger partial charge is 0.269 e. The maximum Gasteiger partial charge on any atom is 0.269 e. The van der Waals surface area contributed by atoms with E-state index in [-0.39, 0.29) is 17.4 Å². The molecule has 1 amide bonds. The maximum absolute atomic E-state index is 12.2. The van der Waals surface area contributed by atoms with Crippen molar-refractivity contribution in [3.8, 4) is 22.9 Å². The average Bonchev–Trinajstić information content (AvgIpc) is 3.02. The van der Waals surface area contributed by atoms with Crippen LogP contribution in [0.2, 0.25) is 0 Å². The van der Waals surface area contributed by atoms with Crippen LogP contribution in [0.5, 0.6) is 11.5 Å². The Bertz CT molecular complexity index is 887. The van der Waals surface area contributed by atoms with Gasteiger partial charge >= 0.3 is 0 Å². The lowest BCUT2D eigenvalue weighted by Gasteiger charge is -2.05. The standard InChI is InChI=1S/C18H17N3O3/c1-11-7-14(23)5-6-15(11)17-19-10-16(21-17)18(24)20-9-12-3-2-4-13(22)8-12/h2-8,10,22-23H,9H2,1H3,(H,19,21)(H,20,24). The van der Waals surface area contributed by atoms with E-state index in [4.69, 9.17) is 0 Å². The van der Waals surface area contributed by atoms with Gasteiger partial charge < -0.3 is 20.5 Å². The Morgan fingerprint density at radius 3 is 2.71 bits per heavy atom. The van der Waals surface area contributed by atoms with Crippen LogP contribution >= 0.6 is 0 Å². The highest BCUT2D eigenvalue weighted by molar-refractivity contribution is 5.92. The predicted octanol–water partition coefficient (Wildman–Crippen LogP) is 2.73. The van der Waals surface area contributed by atoms with Crippen LogP contribution in [0.15, 0.2) is 48.7 Å². The lowest BCUT2D eigenvalue weighted by atomic mass is 10.1. The fourth-order valence-electron chi connectivity index (χ4n) is 2.43. The van der Waals surface area contributed by atoms with Crippen LogP contribution in [-0.4, -0.2) is 26.1 Å². The summed E-state index contributed by atoms with van der Waals surface area (Å²) in [5.74, 6) is 0.629. The van der Waals surface area contributed by atoms with Crippen molar-refractivity contribution in [1.82, 2.24) is 15.3 Å². The number of phenols is 2. The van der Waals surface area contributed by atoms with E-state index in [1.807, 2.05) is 13.0 Å². The van der Waals surface area contributed by atoms with Crippen LogP contribution in [0.3, 0.4) is 0 Å². The molecule has 0 saturated heterocycles. The number of aromatic hydroxyl groups is 2. The van der Waals surface area contributed by atoms with E-state index in [2.05, 4.69) is 15.3 Å². The first-order valence-corrected chi connectivity index (χ1v) is 7.44. The summed E-state index contributed by atoms with van der Waals surface area (Å²) in [5, 5.41) is 21.7. The SMILES string of the molecule is Cc1cc(O)ccc1-c1ncc(C(=O)NCc2cccc(O)c2)[nH]1. The molecule has 0 aliphatic rings. The van der Waals surface area contributed by atoms with Crippen molar-refractivity contribution in [3.05, 3.63) is 65.5 Å². The molecule has 122 valence electrons. The second kappa shape index (κ2) is 6.45. The van der Waals surface area contributed by atoms with E-state index in [0.29, 0.717) is 18.1 Å². The highest BCUT2D eigenvalue weighted by Crippen LogP contribution is 2.24. The summed E-state index contributed by atoms with van der Waals surface area (Å²) >= 11 is 0. The molecule has 0 aliphatic carbocycles. The van der Waals surface area contributed by atoms with E-state index >= 15 is 0 Å². The maximum atomic E-state index is 12.2. The zero-order valence-corrected chi connectivity index (χ0v) is 13.1. The van der Waals surface area contributed by atoms with Gasteiger partial charge in [0.05, 0.1) is 6.20 Å². The van der Waals surface area contributed by atoms with E-state index in [9.17, 15) is 15.0 Å². The fraction of sp³-hybridized carbons (Fsp3) is 0.111. The average molecular weight is 323 g/mol. The molecular weight excluding hydrogens is 306 g/mol. The molecule has 2 aromatic carbocycles. The molecule has 0 fully saturated rings. The van der Waals surface area contributed by atoms with Crippen LogP contribution < -0.4 is 5.32 Å². The van der Waals surface area contributed by atoms with E-state index < -0.39 is 0 Å². The second-order valence-corrected chi connectivity index (χ2v) is 5.50. The summed E-state index contributed by atoms with van der Waals surface area (Å²) in [6, 6.07) is 11.7. The topological polar surface area (TPSA) is 98.2 Å². The molecule has 0 bridgehead atoms. The van der Waals surface area contributed by atoms with Crippen molar-refractivity contribution >= 4 is 5.91 Å². The summed E-state index contributed by atoms with van der Waals surface area (Å²) in [5.41, 5.74) is 2.82. The molecule has 0 spiro atoms. The Balaban J connectivity index is 1.71. The summed E-state index contributed by atoms with van der Waals surface area (Å²) in [7, 11) is 0. The van der Waals surface area contributed by atoms with Gasteiger partial charge in [0.25, 0.3) is 5.91 Å². The summed E-state index contributed by atoms with van der Waals surface area (Å²) in [6.07, 6.45) is 1.47. The normalized spacial score (nSPS) is 10.5. The van der Waals surface area contributed by atoms with Gasteiger partial charge in [-0.3, -0.25) is 4.79 Å². The number of imidazole rings is 1. The molecule has 0 aliphatic heterocycles. The number of carbonyl (C=O) groups excluding carboxylic acids is 1. The van der Waals surface area contributed by atoms with Crippen molar-refractivity contribution in [2.75, 3.05) is 0 Å². The monoisotopic (exact) mass is 323 g/mol. The molecule has 1 heterocycles. The van der Waals surface area contributed by atoms with Crippen molar-refractivity contribution in [2.45, 2.75) is 13.5 Å². The Morgan fingerprint density at radius 2 is 1.96 bits per heavy atom. The number of aromatic nitrogens is 2. The third-order valence-electron chi connectivity index (χ3n) is 3.65. The molecule has 0 atom stereocenters. The van der Waals surface area contributed by atoms with Crippen molar-refractivity contribution in [1.29, 1.82) is 0 Å². The number of hydrogen-bond donors (Lipinski definition) is 4. The first-order valence-electron chi connectivity index (χ1n) is 7.44. The molecule has 6 heteroatoms. The molecule has 4 N–H and O–H groups in total. The van der Waals surface area contributed by atoms with Crippen molar-refractivity contribution in [2.24, 2.45) is 0 Å². The van der Waals surface area contributed by atoms with Crippen LogP contribution in [0.1, 0.15) is 21.6 Å². The summed E-state index contributed by atoms with van der Waals surface area (Å²) < 4.78 is 0. The zero-order valence-electron chi connectivity index (χ0n) is 13.1. The highest BCUT2D eigenvalue weighted by Gasteiger charge is 2.12. The lowest BCUT2D eigenvalue weighted by molar-refractivity contribution is 0.0946. The fourth-order valence-corrected chi connectivity index (χ4v) is 2.43. The molecule has 0 saturated carbocycles. The number of amides is 1. The predicted molar refractivity (Wildman–Crippen MR) is 89.7 cm³/mol. The van der Waals surface area contributed by atoms with Gasteiger partial charge in [0.15, 0.2) is 0 Å². The van der Waals surface area contributed by atoms with Gasteiger partial charge in [-0.05, 0) is 48.4 Å². The Kier molecular flexibility index (Phi) is 4.20. The largest absolute Gasteiger partial charge is 0.508 e. The molecule has 3 rings (SSSR count). The summed E-state index contributed by atoms with van der Waals surface area (Å²) in [6.45, 7) is 2.17. The number of phenolic OH excluding ortho intramolecular Hbond substituents is 2. The minimum Gasteiger partial charge on any atom is -0.508 e. The summed E-state index contributed by atoms with van der Waals surface area (Å²) in [4.78, 5) is 19.4. The first-order chi connectivity index (χ1) is 11.5. The van der Waals surface area contributed by atoms with Crippen molar-refractivity contribution < 1.29 is 15.0 Å². The number of H-pyrrole nitrogens is 1. The van der Waals surface area contributed by atoms with Gasteiger partial charge in [0.1, 0.15) is 23.0 Å². The number of rotatable bonds is 4. The van der Waals surface area contributed by atoms with Gasteiger partial charge in [-0.1, -0.05) is 12.1 Å². The van der Waals surface area contributed by atoms with Gasteiger partial charge in [-0.25, -0.2) is 4.98 Å². The van der Waals surface area contributed by atoms with Gasteiger partial charge in [0.2, 0.25) is 0 Å². The minimum absolute atomic E-state index is 0.161. The number of aryl methyl sites for hydroxylation is 1. The third kappa shape index (κ3) is 3.38. The number of aromatic amines is 1. The van der Waals surface area contributed by atoms with E-state index in [0.717, 1.165) is 16.7 Å². The number of hydrogen-bond acceptors (Lipinski definition) is 4. The van der Waals surface area contributed by atoms with Gasteiger partial charge in [-0.15, -0.1) is 0 Å². The van der Waals surface area contributed by atoms with Crippen LogP contribution in [-0.2, 0) is 6.54 Å². The lowest BCUT2D eigenvalue weighted by Crippen LogP contribution is -2.23. The Hall–Kier alpha value is -3.28. The zero-order chi connectivity index (χ0) is 17.1. The molecule has 6 nitrogen and oxygen atoms in total. The first kappa shape index (κ1) is 15.6. The van der Waals surface area contributed by atoms with Crippen LogP contribution in [0.25, 0.3) is 11.4 Å². The van der Waals surface area contributed by atoms with Crippen LogP contribution in [0, 0.1) is 6.92 Å². The molecule has 24 heavy (non-hydrogen) atoms. The van der Waals surface area contributed by atoms with E-state index in [1.54, 1.807) is 36.4 Å². The molecule has 3 aromatic rings. The molecule has 0 radical (unpaired) electrons. The highest BCUT2D eigenvalue weighted by atomic mass is 16.3. The number of benzene rings is 2. The van der Waals surface area contributed by atoms with Gasteiger partial charge in [0, 0.05) is 12.1 Å². The minimum atomic E-state index is -0.284. The van der Waals surface area contributed by atoms with Crippen LogP contribution in [0.4, 0.5) is 0 Å². The quantitative estimate of drug-likeness (QED) is 0.593. The molecular formula is C18H17N3O3. The van der Waals surface area contributed by atoms with Crippen molar-refractivity contribution in [3.63, 3.8) is 0 Å². The number of nitrogens with zero attached hydrogens (tertiary/aromatic N) is 1. The third-order valence-corrected chi connectivity index (χ3v) is 3.65. The number of carbonyl (C=O) groups is 1. The van der Waals surface area contributed by atoms with Gasteiger partial charge in [-0.2, -0.15) is 0 Å². The second-order valence-electron chi connectivity index (χ2n) is 5.50. The Labute approximate surface area is 138 Å². The number of nitrogens with one attached hydrogen (secondary N) is 2.